The van der Waals surface area contributed by atoms with Crippen LogP contribution in [0.25, 0.3) is 0 Å². The Morgan fingerprint density at radius 1 is 1.37 bits per heavy atom. The van der Waals surface area contributed by atoms with Crippen molar-refractivity contribution in [1.82, 2.24) is 4.98 Å². The van der Waals surface area contributed by atoms with Crippen LogP contribution in [0.4, 0.5) is 0 Å². The Balaban J connectivity index is 2.17. The van der Waals surface area contributed by atoms with Crippen LogP contribution in [0.15, 0.2) is 12.1 Å². The lowest BCUT2D eigenvalue weighted by Crippen LogP contribution is -2.34. The highest BCUT2D eigenvalue weighted by Crippen LogP contribution is 2.40. The first-order valence-corrected chi connectivity index (χ1v) is 6.94. The molecule has 2 rings (SSSR count). The summed E-state index contributed by atoms with van der Waals surface area (Å²) in [4.78, 5) is 4.37. The van der Waals surface area contributed by atoms with Crippen LogP contribution < -0.4 is 4.74 Å². The molecule has 1 aliphatic rings. The topological polar surface area (TPSA) is 45.9 Å². The highest BCUT2D eigenvalue weighted by molar-refractivity contribution is 5.38. The van der Waals surface area contributed by atoms with Crippen LogP contribution in [-0.4, -0.2) is 11.1 Å². The molecule has 1 aromatic rings. The van der Waals surface area contributed by atoms with Crippen LogP contribution in [0.5, 0.6) is 5.88 Å². The molecular weight excluding hydrogens is 236 g/mol. The fourth-order valence-electron chi connectivity index (χ4n) is 3.21. The van der Waals surface area contributed by atoms with Gasteiger partial charge in [0, 0.05) is 5.69 Å². The van der Waals surface area contributed by atoms with Crippen molar-refractivity contribution in [3.05, 3.63) is 23.4 Å². The summed E-state index contributed by atoms with van der Waals surface area (Å²) in [6.07, 6.45) is 3.47. The van der Waals surface area contributed by atoms with Crippen LogP contribution in [0, 0.1) is 29.6 Å². The minimum Gasteiger partial charge on any atom is -0.473 e. The predicted octanol–water partition coefficient (Wildman–Crippen LogP) is 3.86. The van der Waals surface area contributed by atoms with Gasteiger partial charge in [-0.1, -0.05) is 20.8 Å². The summed E-state index contributed by atoms with van der Waals surface area (Å²) in [5, 5.41) is 9.12. The smallest absolute Gasteiger partial charge is 0.232 e. The summed E-state index contributed by atoms with van der Waals surface area (Å²) in [6.45, 7) is 8.76. The summed E-state index contributed by atoms with van der Waals surface area (Å²) >= 11 is 0. The lowest BCUT2D eigenvalue weighted by atomic mass is 9.71. The zero-order valence-electron chi connectivity index (χ0n) is 12.2. The number of pyridine rings is 1. The van der Waals surface area contributed by atoms with Crippen molar-refractivity contribution in [2.75, 3.05) is 0 Å². The van der Waals surface area contributed by atoms with Crippen LogP contribution in [0.3, 0.4) is 0 Å². The van der Waals surface area contributed by atoms with E-state index in [2.05, 4.69) is 31.8 Å². The molecule has 1 aromatic heterocycles. The third kappa shape index (κ3) is 3.47. The highest BCUT2D eigenvalue weighted by Gasteiger charge is 2.33. The molecule has 0 bridgehead atoms. The van der Waals surface area contributed by atoms with Gasteiger partial charge in [-0.25, -0.2) is 4.98 Å². The Hall–Kier alpha value is -1.56. The summed E-state index contributed by atoms with van der Waals surface area (Å²) in [6, 6.07) is 5.79. The Kier molecular flexibility index (Phi) is 3.80. The zero-order valence-corrected chi connectivity index (χ0v) is 12.2. The zero-order chi connectivity index (χ0) is 14.0. The van der Waals surface area contributed by atoms with E-state index in [1.54, 1.807) is 6.07 Å². The maximum absolute atomic E-state index is 9.12. The maximum Gasteiger partial charge on any atom is 0.232 e. The van der Waals surface area contributed by atoms with Crippen molar-refractivity contribution in [1.29, 1.82) is 5.26 Å². The van der Waals surface area contributed by atoms with Gasteiger partial charge >= 0.3 is 0 Å². The first-order chi connectivity index (χ1) is 8.89. The van der Waals surface area contributed by atoms with Gasteiger partial charge in [-0.2, -0.15) is 5.26 Å². The number of aryl methyl sites for hydroxylation is 1. The number of ether oxygens (including phenoxy) is 1. The maximum atomic E-state index is 9.12. The number of nitrogens with zero attached hydrogens (tertiary/aromatic N) is 2. The molecule has 0 radical (unpaired) electrons. The van der Waals surface area contributed by atoms with Crippen molar-refractivity contribution >= 4 is 0 Å². The van der Waals surface area contributed by atoms with Gasteiger partial charge in [-0.15, -0.1) is 0 Å². The number of aromatic nitrogens is 1. The summed E-state index contributed by atoms with van der Waals surface area (Å²) < 4.78 is 6.03. The van der Waals surface area contributed by atoms with Gasteiger partial charge in [-0.05, 0) is 49.7 Å². The standard InChI is InChI=1S/C16H22N2O/c1-11-7-14(9-16(3,4)8-11)19-15-13(10-17)6-5-12(2)18-15/h5-6,11,14H,7-9H2,1-4H3. The third-order valence-corrected chi connectivity index (χ3v) is 3.74. The van der Waals surface area contributed by atoms with E-state index in [0.717, 1.165) is 18.5 Å². The molecule has 1 saturated carbocycles. The summed E-state index contributed by atoms with van der Waals surface area (Å²) in [5.41, 5.74) is 1.72. The molecule has 3 nitrogen and oxygen atoms in total. The molecular formula is C16H22N2O. The molecule has 1 heterocycles. The Labute approximate surface area is 115 Å². The van der Waals surface area contributed by atoms with Gasteiger partial charge in [0.1, 0.15) is 17.7 Å². The SMILES string of the molecule is Cc1ccc(C#N)c(OC2CC(C)CC(C)(C)C2)n1. The first kappa shape index (κ1) is 13.9. The Morgan fingerprint density at radius 2 is 2.11 bits per heavy atom. The molecule has 2 unspecified atom stereocenters. The van der Waals surface area contributed by atoms with E-state index < -0.39 is 0 Å². The molecule has 19 heavy (non-hydrogen) atoms. The Morgan fingerprint density at radius 3 is 2.74 bits per heavy atom. The largest absolute Gasteiger partial charge is 0.473 e. The fourth-order valence-corrected chi connectivity index (χ4v) is 3.21. The molecule has 3 heteroatoms. The molecule has 1 aliphatic carbocycles. The third-order valence-electron chi connectivity index (χ3n) is 3.74. The van der Waals surface area contributed by atoms with Crippen molar-refractivity contribution < 1.29 is 4.74 Å². The van der Waals surface area contributed by atoms with E-state index in [0.29, 0.717) is 22.8 Å². The van der Waals surface area contributed by atoms with E-state index >= 15 is 0 Å². The van der Waals surface area contributed by atoms with Crippen LogP contribution >= 0.6 is 0 Å². The number of rotatable bonds is 2. The summed E-state index contributed by atoms with van der Waals surface area (Å²) in [7, 11) is 0. The predicted molar refractivity (Wildman–Crippen MR) is 74.9 cm³/mol. The molecule has 1 fully saturated rings. The molecule has 0 aliphatic heterocycles. The van der Waals surface area contributed by atoms with Crippen LogP contribution in [-0.2, 0) is 0 Å². The minimum atomic E-state index is 0.167. The molecule has 0 spiro atoms. The van der Waals surface area contributed by atoms with Crippen molar-refractivity contribution in [3.63, 3.8) is 0 Å². The lowest BCUT2D eigenvalue weighted by Gasteiger charge is -2.38. The molecule has 0 aromatic carbocycles. The van der Waals surface area contributed by atoms with E-state index in [9.17, 15) is 0 Å². The Bertz CT molecular complexity index is 502. The first-order valence-electron chi connectivity index (χ1n) is 6.94. The normalized spacial score (nSPS) is 25.6. The van der Waals surface area contributed by atoms with Gasteiger partial charge in [0.2, 0.25) is 5.88 Å². The fraction of sp³-hybridized carbons (Fsp3) is 0.625. The van der Waals surface area contributed by atoms with E-state index in [1.807, 2.05) is 13.0 Å². The second-order valence-electron chi connectivity index (χ2n) is 6.57. The molecule has 102 valence electrons. The summed E-state index contributed by atoms with van der Waals surface area (Å²) in [5.74, 6) is 1.15. The number of hydrogen-bond acceptors (Lipinski definition) is 3. The highest BCUT2D eigenvalue weighted by atomic mass is 16.5. The van der Waals surface area contributed by atoms with Crippen molar-refractivity contribution in [2.24, 2.45) is 11.3 Å². The van der Waals surface area contributed by atoms with Crippen molar-refractivity contribution in [2.45, 2.75) is 53.1 Å². The van der Waals surface area contributed by atoms with E-state index in [4.69, 9.17) is 10.00 Å². The number of hydrogen-bond donors (Lipinski definition) is 0. The van der Waals surface area contributed by atoms with Gasteiger partial charge < -0.3 is 4.74 Å². The number of nitriles is 1. The van der Waals surface area contributed by atoms with E-state index in [1.165, 1.54) is 6.42 Å². The second kappa shape index (κ2) is 5.21. The van der Waals surface area contributed by atoms with Gasteiger partial charge in [-0.3, -0.25) is 0 Å². The molecule has 2 atom stereocenters. The lowest BCUT2D eigenvalue weighted by molar-refractivity contribution is 0.0529. The molecule has 0 saturated heterocycles. The van der Waals surface area contributed by atoms with Gasteiger partial charge in [0.05, 0.1) is 0 Å². The van der Waals surface area contributed by atoms with Crippen LogP contribution in [0.2, 0.25) is 0 Å². The minimum absolute atomic E-state index is 0.167. The van der Waals surface area contributed by atoms with Crippen LogP contribution in [0.1, 0.15) is 51.3 Å². The van der Waals surface area contributed by atoms with E-state index in [-0.39, 0.29) is 6.10 Å². The average Bonchev–Trinajstić information content (AvgIpc) is 2.26. The molecule has 0 N–H and O–H groups in total. The van der Waals surface area contributed by atoms with Crippen molar-refractivity contribution in [3.8, 4) is 11.9 Å². The monoisotopic (exact) mass is 258 g/mol. The second-order valence-corrected chi connectivity index (χ2v) is 6.57. The molecule has 0 amide bonds. The average molecular weight is 258 g/mol. The van der Waals surface area contributed by atoms with Gasteiger partial charge in [0.15, 0.2) is 0 Å². The quantitative estimate of drug-likeness (QED) is 0.809. The van der Waals surface area contributed by atoms with Gasteiger partial charge in [0.25, 0.3) is 0 Å².